The van der Waals surface area contributed by atoms with Crippen molar-refractivity contribution in [2.45, 2.75) is 12.5 Å². The van der Waals surface area contributed by atoms with Crippen LogP contribution in [-0.2, 0) is 9.59 Å². The summed E-state index contributed by atoms with van der Waals surface area (Å²) in [7, 11) is 0. The molecular formula is C22H18N2O4. The van der Waals surface area contributed by atoms with E-state index < -0.39 is 23.8 Å². The third-order valence-electron chi connectivity index (χ3n) is 5.16. The Bertz CT molecular complexity index is 966. The zero-order chi connectivity index (χ0) is 19.7. The van der Waals surface area contributed by atoms with Gasteiger partial charge in [0.1, 0.15) is 18.1 Å². The number of fused-ring (bicyclic) bond motifs is 1. The molecule has 0 radical (unpaired) electrons. The number of hydrogen-bond donors (Lipinski definition) is 0. The molecule has 6 nitrogen and oxygen atoms in total. The number of carbonyl (C=O) groups is 4. The lowest BCUT2D eigenvalue weighted by Gasteiger charge is -2.30. The van der Waals surface area contributed by atoms with E-state index in [9.17, 15) is 19.2 Å². The molecule has 2 aliphatic heterocycles. The van der Waals surface area contributed by atoms with Gasteiger partial charge in [0.25, 0.3) is 11.8 Å². The first-order valence-corrected chi connectivity index (χ1v) is 9.05. The van der Waals surface area contributed by atoms with E-state index in [1.54, 1.807) is 17.2 Å². The first kappa shape index (κ1) is 17.9. The van der Waals surface area contributed by atoms with Crippen LogP contribution in [0.1, 0.15) is 27.1 Å². The highest BCUT2D eigenvalue weighted by molar-refractivity contribution is 6.10. The van der Waals surface area contributed by atoms with Crippen molar-refractivity contribution in [3.05, 3.63) is 78.0 Å². The summed E-state index contributed by atoms with van der Waals surface area (Å²) in [5.74, 6) is -1.48. The molecule has 2 aromatic rings. The highest BCUT2D eigenvalue weighted by Gasteiger charge is 2.45. The summed E-state index contributed by atoms with van der Waals surface area (Å²) in [6, 6.07) is 14.6. The molecule has 2 unspecified atom stereocenters. The monoisotopic (exact) mass is 374 g/mol. The number of aldehydes is 1. The number of Topliss-reactive ketones (excluding diaryl/α,β-unsaturated/α-hetero) is 1. The molecule has 0 aromatic heterocycles. The number of anilines is 1. The summed E-state index contributed by atoms with van der Waals surface area (Å²) in [6.45, 7) is 0.0510. The number of likely N-dealkylation sites (tertiary alicyclic amines) is 1. The molecule has 2 heterocycles. The second-order valence-corrected chi connectivity index (χ2v) is 6.81. The first-order chi connectivity index (χ1) is 13.6. The van der Waals surface area contributed by atoms with Crippen molar-refractivity contribution in [1.29, 1.82) is 0 Å². The Morgan fingerprint density at radius 1 is 1.00 bits per heavy atom. The molecule has 1 saturated heterocycles. The van der Waals surface area contributed by atoms with Crippen LogP contribution in [0.4, 0.5) is 5.69 Å². The predicted molar refractivity (Wildman–Crippen MR) is 103 cm³/mol. The summed E-state index contributed by atoms with van der Waals surface area (Å²) < 4.78 is 0. The van der Waals surface area contributed by atoms with Crippen molar-refractivity contribution >= 4 is 29.6 Å². The van der Waals surface area contributed by atoms with Crippen molar-refractivity contribution in [3.63, 3.8) is 0 Å². The number of para-hydroxylation sites is 1. The van der Waals surface area contributed by atoms with E-state index in [1.807, 2.05) is 30.3 Å². The Hall–Kier alpha value is -3.54. The highest BCUT2D eigenvalue weighted by Crippen LogP contribution is 2.32. The summed E-state index contributed by atoms with van der Waals surface area (Å²) in [6.07, 6.45) is 4.30. The van der Waals surface area contributed by atoms with Crippen LogP contribution in [0.5, 0.6) is 0 Å². The number of nitrogens with zero attached hydrogens (tertiary/aromatic N) is 2. The van der Waals surface area contributed by atoms with Gasteiger partial charge in [-0.3, -0.25) is 24.1 Å². The molecule has 2 aliphatic rings. The molecule has 2 amide bonds. The third-order valence-corrected chi connectivity index (χ3v) is 5.16. The molecule has 0 N–H and O–H groups in total. The normalized spacial score (nSPS) is 21.4. The number of benzene rings is 2. The number of imide groups is 1. The maximum atomic E-state index is 13.3. The van der Waals surface area contributed by atoms with Gasteiger partial charge in [0.05, 0.1) is 5.92 Å². The zero-order valence-corrected chi connectivity index (χ0v) is 15.0. The molecule has 1 fully saturated rings. The minimum absolute atomic E-state index is 0.0510. The molecule has 4 rings (SSSR count). The van der Waals surface area contributed by atoms with Gasteiger partial charge >= 0.3 is 0 Å². The van der Waals surface area contributed by atoms with Gasteiger partial charge in [0.15, 0.2) is 0 Å². The van der Waals surface area contributed by atoms with Crippen molar-refractivity contribution < 1.29 is 19.2 Å². The highest BCUT2D eigenvalue weighted by atomic mass is 16.2. The largest absolute Gasteiger partial charge is 0.335 e. The molecule has 2 atom stereocenters. The Labute approximate surface area is 162 Å². The standard InChI is InChI=1S/C22H18N2O4/c25-14-15-6-8-16(9-7-15)21(27)24-13-11-19(26)18-10-12-23(20(18)22(24)28)17-4-2-1-3-5-17/h1-10,12,14,18,20H,11,13H2. The fraction of sp³-hybridized carbons (Fsp3) is 0.182. The molecule has 140 valence electrons. The van der Waals surface area contributed by atoms with Gasteiger partial charge in [-0.25, -0.2) is 0 Å². The van der Waals surface area contributed by atoms with Crippen molar-refractivity contribution in [2.24, 2.45) is 5.92 Å². The van der Waals surface area contributed by atoms with Gasteiger partial charge in [-0.15, -0.1) is 0 Å². The van der Waals surface area contributed by atoms with E-state index in [0.29, 0.717) is 17.4 Å². The van der Waals surface area contributed by atoms with Crippen LogP contribution in [0, 0.1) is 5.92 Å². The third kappa shape index (κ3) is 3.03. The van der Waals surface area contributed by atoms with Crippen LogP contribution >= 0.6 is 0 Å². The van der Waals surface area contributed by atoms with E-state index in [1.165, 1.54) is 24.3 Å². The molecule has 0 spiro atoms. The van der Waals surface area contributed by atoms with Gasteiger partial charge in [0, 0.05) is 36.0 Å². The van der Waals surface area contributed by atoms with Gasteiger partial charge in [0.2, 0.25) is 0 Å². The topological polar surface area (TPSA) is 74.8 Å². The molecule has 0 aliphatic carbocycles. The average molecular weight is 374 g/mol. The molecule has 6 heteroatoms. The maximum Gasteiger partial charge on any atom is 0.260 e. The van der Waals surface area contributed by atoms with E-state index in [2.05, 4.69) is 0 Å². The van der Waals surface area contributed by atoms with E-state index in [0.717, 1.165) is 10.6 Å². The lowest BCUT2D eigenvalue weighted by molar-refractivity contribution is -0.131. The number of amides is 2. The lowest BCUT2D eigenvalue weighted by atomic mass is 9.95. The van der Waals surface area contributed by atoms with Crippen LogP contribution in [0.15, 0.2) is 66.9 Å². The summed E-state index contributed by atoms with van der Waals surface area (Å²) in [5, 5.41) is 0. The molecule has 0 bridgehead atoms. The Morgan fingerprint density at radius 3 is 2.39 bits per heavy atom. The van der Waals surface area contributed by atoms with Crippen molar-refractivity contribution in [2.75, 3.05) is 11.4 Å². The second-order valence-electron chi connectivity index (χ2n) is 6.81. The van der Waals surface area contributed by atoms with Crippen molar-refractivity contribution in [3.8, 4) is 0 Å². The number of hydrogen-bond acceptors (Lipinski definition) is 5. The summed E-state index contributed by atoms with van der Waals surface area (Å²) in [4.78, 5) is 52.6. The fourth-order valence-corrected chi connectivity index (χ4v) is 3.68. The van der Waals surface area contributed by atoms with Crippen LogP contribution in [0.2, 0.25) is 0 Å². The van der Waals surface area contributed by atoms with Crippen LogP contribution in [0.3, 0.4) is 0 Å². The van der Waals surface area contributed by atoms with Crippen LogP contribution in [0.25, 0.3) is 0 Å². The van der Waals surface area contributed by atoms with Gasteiger partial charge in [-0.05, 0) is 24.3 Å². The minimum atomic E-state index is -0.768. The van der Waals surface area contributed by atoms with E-state index >= 15 is 0 Å². The van der Waals surface area contributed by atoms with Crippen molar-refractivity contribution in [1.82, 2.24) is 4.90 Å². The minimum Gasteiger partial charge on any atom is -0.335 e. The molecule has 0 saturated carbocycles. The number of ketones is 1. The Balaban J connectivity index is 1.66. The summed E-state index contributed by atoms with van der Waals surface area (Å²) >= 11 is 0. The van der Waals surface area contributed by atoms with Gasteiger partial charge < -0.3 is 4.90 Å². The van der Waals surface area contributed by atoms with E-state index in [4.69, 9.17) is 0 Å². The smallest absolute Gasteiger partial charge is 0.260 e. The summed E-state index contributed by atoms with van der Waals surface area (Å²) in [5.41, 5.74) is 1.54. The maximum absolute atomic E-state index is 13.3. The molecule has 28 heavy (non-hydrogen) atoms. The Kier molecular flexibility index (Phi) is 4.61. The van der Waals surface area contributed by atoms with Crippen LogP contribution < -0.4 is 4.90 Å². The van der Waals surface area contributed by atoms with Gasteiger partial charge in [-0.2, -0.15) is 0 Å². The Morgan fingerprint density at radius 2 is 1.71 bits per heavy atom. The van der Waals surface area contributed by atoms with E-state index in [-0.39, 0.29) is 18.7 Å². The fourth-order valence-electron chi connectivity index (χ4n) is 3.68. The quantitative estimate of drug-likeness (QED) is 0.609. The zero-order valence-electron chi connectivity index (χ0n) is 15.0. The second kappa shape index (κ2) is 7.23. The van der Waals surface area contributed by atoms with Crippen LogP contribution in [-0.4, -0.2) is 41.4 Å². The number of carbonyl (C=O) groups excluding carboxylic acids is 4. The predicted octanol–water partition coefficient (Wildman–Crippen LogP) is 2.46. The lowest BCUT2D eigenvalue weighted by Crippen LogP contribution is -2.49. The average Bonchev–Trinajstić information content (AvgIpc) is 3.14. The molecule has 2 aromatic carbocycles. The molecular weight excluding hydrogens is 356 g/mol. The van der Waals surface area contributed by atoms with Gasteiger partial charge in [-0.1, -0.05) is 36.4 Å². The SMILES string of the molecule is O=Cc1ccc(C(=O)N2CCC(=O)C3C=CN(c4ccccc4)C3C2=O)cc1. The first-order valence-electron chi connectivity index (χ1n) is 9.05. The number of rotatable bonds is 3.